The van der Waals surface area contributed by atoms with Crippen molar-refractivity contribution in [2.45, 2.75) is 0 Å². The van der Waals surface area contributed by atoms with Gasteiger partial charge in [0.25, 0.3) is 11.8 Å². The van der Waals surface area contributed by atoms with Crippen LogP contribution in [0.25, 0.3) is 0 Å². The summed E-state index contributed by atoms with van der Waals surface area (Å²) < 4.78 is 0. The molecule has 0 saturated carbocycles. The molecule has 0 spiro atoms. The molecule has 1 aliphatic rings. The highest BCUT2D eigenvalue weighted by molar-refractivity contribution is 6.37. The van der Waals surface area contributed by atoms with E-state index in [0.717, 1.165) is 0 Å². The maximum atomic E-state index is 10.0. The van der Waals surface area contributed by atoms with E-state index in [0.29, 0.717) is 10.0 Å². The predicted molar refractivity (Wildman–Crippen MR) is 65.4 cm³/mol. The Morgan fingerprint density at radius 1 is 1.00 bits per heavy atom. The molecule has 1 aromatic heterocycles. The van der Waals surface area contributed by atoms with Crippen molar-refractivity contribution in [1.29, 1.82) is 0 Å². The molecule has 0 aliphatic carbocycles. The van der Waals surface area contributed by atoms with Crippen LogP contribution in [0.15, 0.2) is 18.2 Å². The largest absolute Gasteiger partial charge is 0.382 e. The van der Waals surface area contributed by atoms with Crippen molar-refractivity contribution in [3.05, 3.63) is 28.3 Å². The lowest BCUT2D eigenvalue weighted by atomic mass is 10.4. The van der Waals surface area contributed by atoms with Gasteiger partial charge >= 0.3 is 0 Å². The third kappa shape index (κ3) is 3.93. The van der Waals surface area contributed by atoms with Crippen LogP contribution in [0.1, 0.15) is 0 Å². The second-order valence-electron chi connectivity index (χ2n) is 2.91. The zero-order valence-electron chi connectivity index (χ0n) is 8.41. The van der Waals surface area contributed by atoms with Crippen molar-refractivity contribution < 1.29 is 9.59 Å². The summed E-state index contributed by atoms with van der Waals surface area (Å²) in [6.45, 7) is 0. The fraction of sp³-hybridized carbons (Fsp3) is 0. The molecule has 1 aliphatic heterocycles. The summed E-state index contributed by atoms with van der Waals surface area (Å²) in [6, 6.07) is 1.46. The Morgan fingerprint density at radius 2 is 1.41 bits per heavy atom. The average Bonchev–Trinajstić information content (AvgIpc) is 2.61. The molecule has 2 amide bonds. The van der Waals surface area contributed by atoms with Crippen LogP contribution >= 0.6 is 23.2 Å². The Labute approximate surface area is 107 Å². The van der Waals surface area contributed by atoms with Crippen molar-refractivity contribution in [3.8, 4) is 0 Å². The Kier molecular flexibility index (Phi) is 4.30. The van der Waals surface area contributed by atoms with Gasteiger partial charge in [0.1, 0.15) is 11.6 Å². The molecule has 0 saturated heterocycles. The van der Waals surface area contributed by atoms with Gasteiger partial charge in [-0.05, 0) is 6.07 Å². The average molecular weight is 275 g/mol. The minimum Gasteiger partial charge on any atom is -0.382 e. The molecule has 8 heteroatoms. The van der Waals surface area contributed by atoms with E-state index in [-0.39, 0.29) is 23.5 Å². The normalized spacial score (nSPS) is 13.1. The number of imide groups is 1. The smallest absolute Gasteiger partial charge is 0.250 e. The van der Waals surface area contributed by atoms with Crippen LogP contribution in [-0.4, -0.2) is 16.8 Å². The monoisotopic (exact) mass is 274 g/mol. The van der Waals surface area contributed by atoms with E-state index in [4.69, 9.17) is 34.7 Å². The topological polar surface area (TPSA) is 111 Å². The number of rotatable bonds is 0. The lowest BCUT2D eigenvalue weighted by Gasteiger charge is -1.99. The first-order chi connectivity index (χ1) is 7.90. The maximum absolute atomic E-state index is 10.0. The Hall–Kier alpha value is -1.79. The van der Waals surface area contributed by atoms with Crippen molar-refractivity contribution in [3.63, 3.8) is 0 Å². The molecule has 0 radical (unpaired) electrons. The summed E-state index contributed by atoms with van der Waals surface area (Å²) in [4.78, 5) is 23.7. The van der Waals surface area contributed by atoms with Crippen molar-refractivity contribution >= 4 is 46.7 Å². The fourth-order valence-corrected chi connectivity index (χ4v) is 1.21. The van der Waals surface area contributed by atoms with Crippen LogP contribution in [0.5, 0.6) is 0 Å². The molecule has 5 N–H and O–H groups in total. The van der Waals surface area contributed by atoms with E-state index in [2.05, 4.69) is 4.98 Å². The number of amides is 2. The number of hydrogen-bond acceptors (Lipinski definition) is 5. The number of nitrogens with one attached hydrogen (secondary N) is 1. The summed E-state index contributed by atoms with van der Waals surface area (Å²) >= 11 is 11.1. The maximum Gasteiger partial charge on any atom is 0.250 e. The lowest BCUT2D eigenvalue weighted by molar-refractivity contribution is -0.123. The standard InChI is InChI=1S/C5H5Cl2N3.C4H3NO2/c6-2-1-3(7)5(9)10-4(2)8;6-3-1-2-4(7)5-3/h1H,(H4,8,9,10);1-2H,(H,5,6,7). The number of aromatic nitrogens is 1. The van der Waals surface area contributed by atoms with Gasteiger partial charge < -0.3 is 11.5 Å². The molecule has 0 atom stereocenters. The Bertz CT molecular complexity index is 436. The molecule has 17 heavy (non-hydrogen) atoms. The summed E-state index contributed by atoms with van der Waals surface area (Å²) in [5.41, 5.74) is 10.6. The number of hydrogen-bond donors (Lipinski definition) is 3. The van der Waals surface area contributed by atoms with Gasteiger partial charge in [0.15, 0.2) is 0 Å². The van der Waals surface area contributed by atoms with Gasteiger partial charge in [0.05, 0.1) is 10.0 Å². The lowest BCUT2D eigenvalue weighted by Crippen LogP contribution is -2.19. The van der Waals surface area contributed by atoms with E-state index in [1.807, 2.05) is 5.32 Å². The summed E-state index contributed by atoms with van der Waals surface area (Å²) in [6.07, 6.45) is 2.39. The minimum absolute atomic E-state index is 0.198. The second-order valence-corrected chi connectivity index (χ2v) is 3.72. The number of halogens is 2. The van der Waals surface area contributed by atoms with Gasteiger partial charge in [-0.3, -0.25) is 14.9 Å². The number of anilines is 2. The summed E-state index contributed by atoms with van der Waals surface area (Å²) in [5, 5.41) is 2.67. The van der Waals surface area contributed by atoms with Crippen LogP contribution in [0.4, 0.5) is 11.6 Å². The zero-order chi connectivity index (χ0) is 13.0. The summed E-state index contributed by atoms with van der Waals surface area (Å²) in [7, 11) is 0. The molecule has 0 fully saturated rings. The quantitative estimate of drug-likeness (QED) is 0.605. The minimum atomic E-state index is -0.329. The SMILES string of the molecule is Nc1nc(N)c(Cl)cc1Cl.O=C1C=CC(=O)N1. The highest BCUT2D eigenvalue weighted by Gasteiger charge is 2.06. The molecular formula is C9H8Cl2N4O2. The van der Waals surface area contributed by atoms with E-state index in [1.54, 1.807) is 0 Å². The summed E-state index contributed by atoms with van der Waals surface area (Å²) in [5.74, 6) is -0.262. The molecule has 2 heterocycles. The third-order valence-corrected chi connectivity index (χ3v) is 2.22. The molecule has 6 nitrogen and oxygen atoms in total. The van der Waals surface area contributed by atoms with Crippen LogP contribution in [0, 0.1) is 0 Å². The van der Waals surface area contributed by atoms with Gasteiger partial charge in [0, 0.05) is 12.2 Å². The number of pyridine rings is 1. The van der Waals surface area contributed by atoms with Gasteiger partial charge in [-0.1, -0.05) is 23.2 Å². The van der Waals surface area contributed by atoms with Crippen LogP contribution in [0.3, 0.4) is 0 Å². The first-order valence-electron chi connectivity index (χ1n) is 4.30. The Morgan fingerprint density at radius 3 is 1.65 bits per heavy atom. The van der Waals surface area contributed by atoms with E-state index in [1.165, 1.54) is 18.2 Å². The molecular weight excluding hydrogens is 267 g/mol. The number of nitrogen functional groups attached to an aromatic ring is 2. The van der Waals surface area contributed by atoms with Gasteiger partial charge in [-0.25, -0.2) is 4.98 Å². The molecule has 2 rings (SSSR count). The van der Waals surface area contributed by atoms with E-state index in [9.17, 15) is 9.59 Å². The molecule has 90 valence electrons. The Balaban J connectivity index is 0.000000181. The van der Waals surface area contributed by atoms with E-state index >= 15 is 0 Å². The van der Waals surface area contributed by atoms with Crippen molar-refractivity contribution in [1.82, 2.24) is 10.3 Å². The van der Waals surface area contributed by atoms with Crippen LogP contribution in [-0.2, 0) is 9.59 Å². The molecule has 0 bridgehead atoms. The van der Waals surface area contributed by atoms with E-state index < -0.39 is 0 Å². The van der Waals surface area contributed by atoms with Crippen LogP contribution < -0.4 is 16.8 Å². The van der Waals surface area contributed by atoms with Crippen molar-refractivity contribution in [2.24, 2.45) is 0 Å². The van der Waals surface area contributed by atoms with Crippen molar-refractivity contribution in [2.75, 3.05) is 11.5 Å². The molecule has 1 aromatic rings. The number of carbonyl (C=O) groups is 2. The number of nitrogens with two attached hydrogens (primary N) is 2. The van der Waals surface area contributed by atoms with Gasteiger partial charge in [-0.2, -0.15) is 0 Å². The number of nitrogens with zero attached hydrogens (tertiary/aromatic N) is 1. The van der Waals surface area contributed by atoms with Crippen LogP contribution in [0.2, 0.25) is 10.0 Å². The highest BCUT2D eigenvalue weighted by Crippen LogP contribution is 2.24. The fourth-order valence-electron chi connectivity index (χ4n) is 0.852. The van der Waals surface area contributed by atoms with Gasteiger partial charge in [0.2, 0.25) is 0 Å². The first kappa shape index (κ1) is 13.3. The predicted octanol–water partition coefficient (Wildman–Crippen LogP) is 0.752. The second kappa shape index (κ2) is 5.51. The number of carbonyl (C=O) groups excluding carboxylic acids is 2. The molecule has 0 unspecified atom stereocenters. The first-order valence-corrected chi connectivity index (χ1v) is 5.05. The highest BCUT2D eigenvalue weighted by atomic mass is 35.5. The van der Waals surface area contributed by atoms with Gasteiger partial charge in [-0.15, -0.1) is 0 Å². The zero-order valence-corrected chi connectivity index (χ0v) is 9.92. The third-order valence-electron chi connectivity index (χ3n) is 1.62. The molecule has 0 aromatic carbocycles.